The number of alkyl halides is 1. The Morgan fingerprint density at radius 2 is 1.50 bits per heavy atom. The van der Waals surface area contributed by atoms with Gasteiger partial charge in [0.1, 0.15) is 11.6 Å². The average Bonchev–Trinajstić information content (AvgIpc) is 2.46. The molecule has 0 aliphatic rings. The summed E-state index contributed by atoms with van der Waals surface area (Å²) in [5.74, 6) is -0.212. The summed E-state index contributed by atoms with van der Waals surface area (Å²) in [7, 11) is 0. The third-order valence-corrected chi connectivity index (χ3v) is 1.82. The van der Waals surface area contributed by atoms with Crippen LogP contribution in [0.25, 0.3) is 10.8 Å². The van der Waals surface area contributed by atoms with E-state index >= 15 is 0 Å². The maximum atomic E-state index is 12.7. The van der Waals surface area contributed by atoms with Crippen LogP contribution >= 0.6 is 11.6 Å². The largest absolute Gasteiger partial charge is 0.507 e. The first kappa shape index (κ1) is 19.1. The van der Waals surface area contributed by atoms with Gasteiger partial charge in [0.15, 0.2) is 0 Å². The molecule has 1 N–H and O–H groups in total. The molecule has 0 aromatic heterocycles. The molecule has 0 heterocycles. The van der Waals surface area contributed by atoms with Gasteiger partial charge in [0, 0.05) is 11.8 Å². The minimum Gasteiger partial charge on any atom is -0.507 e. The van der Waals surface area contributed by atoms with Gasteiger partial charge < -0.3 is 5.11 Å². The zero-order valence-corrected chi connectivity index (χ0v) is 12.4. The second-order valence-electron chi connectivity index (χ2n) is 2.64. The smallest absolute Gasteiger partial charge is 0.123 e. The molecule has 0 saturated carbocycles. The lowest BCUT2D eigenvalue weighted by Gasteiger charge is -1.99. The van der Waals surface area contributed by atoms with Crippen molar-refractivity contribution >= 4 is 22.4 Å². The van der Waals surface area contributed by atoms with Gasteiger partial charge in [-0.2, -0.15) is 0 Å². The van der Waals surface area contributed by atoms with E-state index in [1.165, 1.54) is 18.5 Å². The van der Waals surface area contributed by atoms with E-state index in [9.17, 15) is 9.50 Å². The van der Waals surface area contributed by atoms with Crippen molar-refractivity contribution in [2.75, 3.05) is 6.38 Å². The Bertz CT molecular complexity index is 430. The van der Waals surface area contributed by atoms with Gasteiger partial charge in [0.25, 0.3) is 0 Å². The molecule has 0 radical (unpaired) electrons. The molecule has 0 atom stereocenters. The fourth-order valence-corrected chi connectivity index (χ4v) is 1.23. The predicted molar refractivity (Wildman–Crippen MR) is 80.0 cm³/mol. The van der Waals surface area contributed by atoms with E-state index in [-0.39, 0.29) is 11.6 Å². The Hall–Kier alpha value is -1.28. The highest BCUT2D eigenvalue weighted by Crippen LogP contribution is 2.24. The molecule has 0 unspecified atom stereocenters. The first-order valence-electron chi connectivity index (χ1n) is 6.02. The normalized spacial score (nSPS) is 7.94. The van der Waals surface area contributed by atoms with Gasteiger partial charge in [-0.25, -0.2) is 4.39 Å². The predicted octanol–water partition coefficient (Wildman–Crippen LogP) is 5.59. The van der Waals surface area contributed by atoms with Crippen LogP contribution in [0.5, 0.6) is 5.75 Å². The molecule has 2 rings (SSSR count). The van der Waals surface area contributed by atoms with E-state index in [1.807, 2.05) is 33.8 Å². The summed E-state index contributed by atoms with van der Waals surface area (Å²) >= 11 is 4.64. The van der Waals surface area contributed by atoms with Crippen molar-refractivity contribution in [2.24, 2.45) is 0 Å². The maximum Gasteiger partial charge on any atom is 0.123 e. The highest BCUT2D eigenvalue weighted by atomic mass is 35.5. The van der Waals surface area contributed by atoms with Crippen molar-refractivity contribution in [3.63, 3.8) is 0 Å². The molecule has 0 spiro atoms. The van der Waals surface area contributed by atoms with Crippen LogP contribution in [0, 0.1) is 5.82 Å². The van der Waals surface area contributed by atoms with Crippen molar-refractivity contribution in [3.05, 3.63) is 42.2 Å². The van der Waals surface area contributed by atoms with Crippen LogP contribution in [0.15, 0.2) is 36.4 Å². The van der Waals surface area contributed by atoms with E-state index in [0.717, 1.165) is 5.39 Å². The molecule has 2 aromatic carbocycles. The van der Waals surface area contributed by atoms with E-state index in [1.54, 1.807) is 18.2 Å². The second-order valence-corrected chi connectivity index (χ2v) is 2.64. The minimum atomic E-state index is -0.330. The molecule has 3 heteroatoms. The lowest BCUT2D eigenvalue weighted by atomic mass is 10.1. The fraction of sp³-hybridized carbons (Fsp3) is 0.333. The zero-order chi connectivity index (χ0) is 14.6. The molecule has 2 aromatic rings. The van der Waals surface area contributed by atoms with Crippen molar-refractivity contribution in [1.82, 2.24) is 0 Å². The average molecular weight is 273 g/mol. The SMILES string of the molecule is CC.CC.CCl.Oc1cccc2ccc(F)cc12. The van der Waals surface area contributed by atoms with Crippen molar-refractivity contribution in [2.45, 2.75) is 27.7 Å². The van der Waals surface area contributed by atoms with Gasteiger partial charge in [-0.3, -0.25) is 0 Å². The summed E-state index contributed by atoms with van der Waals surface area (Å²) in [5, 5.41) is 10.7. The highest BCUT2D eigenvalue weighted by Gasteiger charge is 1.98. The van der Waals surface area contributed by atoms with Gasteiger partial charge in [0.05, 0.1) is 0 Å². The number of benzene rings is 2. The highest BCUT2D eigenvalue weighted by molar-refractivity contribution is 6.15. The van der Waals surface area contributed by atoms with Gasteiger partial charge >= 0.3 is 0 Å². The summed E-state index contributed by atoms with van der Waals surface area (Å²) in [4.78, 5) is 0. The Morgan fingerprint density at radius 3 is 2.06 bits per heavy atom. The van der Waals surface area contributed by atoms with Crippen LogP contribution < -0.4 is 0 Å². The summed E-state index contributed by atoms with van der Waals surface area (Å²) in [6.07, 6.45) is 1.47. The number of halogens is 2. The Kier molecular flexibility index (Phi) is 12.9. The van der Waals surface area contributed by atoms with E-state index < -0.39 is 0 Å². The van der Waals surface area contributed by atoms with Crippen LogP contribution in [-0.2, 0) is 0 Å². The maximum absolute atomic E-state index is 12.7. The quantitative estimate of drug-likeness (QED) is 0.620. The first-order chi connectivity index (χ1) is 8.77. The Balaban J connectivity index is 0. The Morgan fingerprint density at radius 1 is 0.944 bits per heavy atom. The van der Waals surface area contributed by atoms with Gasteiger partial charge in [-0.1, -0.05) is 45.9 Å². The number of aromatic hydroxyl groups is 1. The number of phenolic OH excluding ortho intramolecular Hbond substituents is 1. The molecule has 0 saturated heterocycles. The topological polar surface area (TPSA) is 20.2 Å². The summed E-state index contributed by atoms with van der Waals surface area (Å²) in [5.41, 5.74) is 0. The van der Waals surface area contributed by atoms with Crippen molar-refractivity contribution in [1.29, 1.82) is 0 Å². The van der Waals surface area contributed by atoms with Crippen LogP contribution in [-0.4, -0.2) is 11.5 Å². The first-order valence-corrected chi connectivity index (χ1v) is 6.78. The lowest BCUT2D eigenvalue weighted by Crippen LogP contribution is -1.76. The van der Waals surface area contributed by atoms with Crippen LogP contribution in [0.4, 0.5) is 4.39 Å². The standard InChI is InChI=1S/C10H7FO.2C2H6.CH3Cl/c11-8-5-4-7-2-1-3-10(12)9(7)6-8;3*1-2/h1-6,12H;2*1-2H3;1H3. The molecule has 0 aliphatic heterocycles. The van der Waals surface area contributed by atoms with Crippen molar-refractivity contribution < 1.29 is 9.50 Å². The molecular weight excluding hydrogens is 251 g/mol. The number of fused-ring (bicyclic) bond motifs is 1. The Labute approximate surface area is 114 Å². The minimum absolute atomic E-state index is 0.118. The summed E-state index contributed by atoms with van der Waals surface area (Å²) < 4.78 is 12.7. The second kappa shape index (κ2) is 12.2. The fourth-order valence-electron chi connectivity index (χ4n) is 1.23. The zero-order valence-electron chi connectivity index (χ0n) is 11.7. The molecule has 1 nitrogen and oxygen atoms in total. The van der Waals surface area contributed by atoms with Crippen LogP contribution in [0.3, 0.4) is 0 Å². The van der Waals surface area contributed by atoms with E-state index in [0.29, 0.717) is 5.39 Å². The molecule has 0 fully saturated rings. The van der Waals surface area contributed by atoms with Crippen molar-refractivity contribution in [3.8, 4) is 5.75 Å². The van der Waals surface area contributed by atoms with Crippen LogP contribution in [0.1, 0.15) is 27.7 Å². The van der Waals surface area contributed by atoms with E-state index in [2.05, 4.69) is 11.6 Å². The number of hydrogen-bond acceptors (Lipinski definition) is 1. The third-order valence-electron chi connectivity index (χ3n) is 1.82. The summed E-state index contributed by atoms with van der Waals surface area (Å²) in [6.45, 7) is 8.00. The monoisotopic (exact) mass is 272 g/mol. The molecule has 0 bridgehead atoms. The van der Waals surface area contributed by atoms with Gasteiger partial charge in [-0.05, 0) is 23.6 Å². The number of phenols is 1. The molecular formula is C15H22ClFO. The molecule has 0 amide bonds. The molecule has 0 aliphatic carbocycles. The van der Waals surface area contributed by atoms with Gasteiger partial charge in [-0.15, -0.1) is 11.6 Å². The molecule has 102 valence electrons. The third kappa shape index (κ3) is 5.87. The summed E-state index contributed by atoms with van der Waals surface area (Å²) in [6, 6.07) is 9.45. The number of hydrogen-bond donors (Lipinski definition) is 1. The molecule has 18 heavy (non-hydrogen) atoms. The number of rotatable bonds is 0. The van der Waals surface area contributed by atoms with Gasteiger partial charge in [0.2, 0.25) is 0 Å². The lowest BCUT2D eigenvalue weighted by molar-refractivity contribution is 0.481. The van der Waals surface area contributed by atoms with Crippen LogP contribution in [0.2, 0.25) is 0 Å². The van der Waals surface area contributed by atoms with E-state index in [4.69, 9.17) is 0 Å².